The maximum absolute atomic E-state index is 11.1. The largest absolute Gasteiger partial charge is 0.740 e. The average molecular weight is 183 g/mol. The summed E-state index contributed by atoms with van der Waals surface area (Å²) in [6.45, 7) is 5.41. The van der Waals surface area contributed by atoms with Crippen LogP contribution in [0, 0.1) is 12.1 Å². The van der Waals surface area contributed by atoms with Gasteiger partial charge in [-0.15, -0.1) is 0 Å². The molecule has 0 bridgehead atoms. The second kappa shape index (κ2) is 3.47. The highest BCUT2D eigenvalue weighted by molar-refractivity contribution is 5.19. The molecule has 0 atom stereocenters. The molecule has 0 saturated carbocycles. The number of ether oxygens (including phenoxy) is 1. The lowest BCUT2D eigenvalue weighted by atomic mass is 10.4. The van der Waals surface area contributed by atoms with E-state index in [1.54, 1.807) is 13.0 Å². The Balaban J connectivity index is 2.99. The molecule has 1 heterocycles. The van der Waals surface area contributed by atoms with Crippen LogP contribution < -0.4 is 15.2 Å². The van der Waals surface area contributed by atoms with E-state index in [0.29, 0.717) is 16.3 Å². The van der Waals surface area contributed by atoms with Gasteiger partial charge in [0, 0.05) is 0 Å². The van der Waals surface area contributed by atoms with Crippen LogP contribution in [0.1, 0.15) is 19.5 Å². The lowest BCUT2D eigenvalue weighted by Gasteiger charge is -2.11. The van der Waals surface area contributed by atoms with Gasteiger partial charge in [-0.1, -0.05) is 0 Å². The highest BCUT2D eigenvalue weighted by Gasteiger charge is 2.10. The molecule has 0 amide bonds. The monoisotopic (exact) mass is 183 g/mol. The van der Waals surface area contributed by atoms with Gasteiger partial charge >= 0.3 is 5.95 Å². The Labute approximate surface area is 76.7 Å². The fraction of sp³-hybridized carbons (Fsp3) is 0.500. The Kier molecular flexibility index (Phi) is 2.55. The molecule has 0 saturated heterocycles. The topological polar surface area (TPSA) is 75.1 Å². The molecule has 0 aliphatic carbocycles. The zero-order chi connectivity index (χ0) is 10.0. The Morgan fingerprint density at radius 1 is 1.62 bits per heavy atom. The molecule has 0 aliphatic heterocycles. The number of aromatic nitrogens is 2. The van der Waals surface area contributed by atoms with Crippen LogP contribution in [-0.2, 0) is 0 Å². The third kappa shape index (κ3) is 2.21. The van der Waals surface area contributed by atoms with Crippen molar-refractivity contribution in [1.82, 2.24) is 4.98 Å². The molecular weight excluding hydrogens is 170 g/mol. The molecule has 0 aromatic carbocycles. The van der Waals surface area contributed by atoms with Crippen molar-refractivity contribution < 1.29 is 9.47 Å². The zero-order valence-corrected chi connectivity index (χ0v) is 7.94. The molecule has 0 fully saturated rings. The highest BCUT2D eigenvalue weighted by Crippen LogP contribution is 2.09. The molecular formula is C8H13N3O2. The molecule has 0 spiro atoms. The van der Waals surface area contributed by atoms with E-state index in [4.69, 9.17) is 10.5 Å². The van der Waals surface area contributed by atoms with Gasteiger partial charge in [-0.25, -0.2) is 4.73 Å². The number of hydrogen-bond acceptors (Lipinski definition) is 4. The first kappa shape index (κ1) is 9.57. The summed E-state index contributed by atoms with van der Waals surface area (Å²) in [6, 6.07) is 1.56. The second-order valence-corrected chi connectivity index (χ2v) is 3.05. The van der Waals surface area contributed by atoms with E-state index in [1.807, 2.05) is 13.8 Å². The maximum atomic E-state index is 11.1. The number of aryl methyl sites for hydroxylation is 1. The fourth-order valence-corrected chi connectivity index (χ4v) is 0.910. The van der Waals surface area contributed by atoms with Crippen molar-refractivity contribution in [1.29, 1.82) is 0 Å². The van der Waals surface area contributed by atoms with Crippen LogP contribution in [0.5, 0.6) is 5.88 Å². The van der Waals surface area contributed by atoms with Crippen LogP contribution in [0.25, 0.3) is 0 Å². The SMILES string of the molecule is Cc1cc(OC(C)C)nc(N)[n+]1[O-]. The van der Waals surface area contributed by atoms with Gasteiger partial charge in [-0.2, -0.15) is 0 Å². The van der Waals surface area contributed by atoms with Gasteiger partial charge < -0.3 is 9.94 Å². The summed E-state index contributed by atoms with van der Waals surface area (Å²) >= 11 is 0. The number of hydrogen-bond donors (Lipinski definition) is 1. The third-order valence-electron chi connectivity index (χ3n) is 1.44. The molecule has 2 N–H and O–H groups in total. The van der Waals surface area contributed by atoms with Crippen LogP contribution in [0.2, 0.25) is 0 Å². The van der Waals surface area contributed by atoms with Crippen molar-refractivity contribution in [2.75, 3.05) is 5.73 Å². The first-order valence-electron chi connectivity index (χ1n) is 4.04. The van der Waals surface area contributed by atoms with Crippen molar-refractivity contribution in [3.8, 4) is 5.88 Å². The van der Waals surface area contributed by atoms with Gasteiger partial charge in [0.05, 0.1) is 17.9 Å². The summed E-state index contributed by atoms with van der Waals surface area (Å²) in [4.78, 5) is 3.78. The van der Waals surface area contributed by atoms with E-state index in [-0.39, 0.29) is 12.1 Å². The normalized spacial score (nSPS) is 10.5. The minimum absolute atomic E-state index is 0.0220. The molecule has 1 aromatic rings. The third-order valence-corrected chi connectivity index (χ3v) is 1.44. The van der Waals surface area contributed by atoms with Gasteiger partial charge in [0.1, 0.15) is 0 Å². The average Bonchev–Trinajstić information content (AvgIpc) is 1.98. The van der Waals surface area contributed by atoms with Gasteiger partial charge in [0.15, 0.2) is 0 Å². The summed E-state index contributed by atoms with van der Waals surface area (Å²) in [5.41, 5.74) is 5.83. The predicted octanol–water partition coefficient (Wildman–Crippen LogP) is 0.393. The van der Waals surface area contributed by atoms with Gasteiger partial charge in [0.2, 0.25) is 0 Å². The quantitative estimate of drug-likeness (QED) is 0.531. The number of nitrogens with zero attached hydrogens (tertiary/aromatic N) is 2. The van der Waals surface area contributed by atoms with Crippen molar-refractivity contribution >= 4 is 5.95 Å². The van der Waals surface area contributed by atoms with Crippen molar-refractivity contribution in [3.63, 3.8) is 0 Å². The lowest BCUT2D eigenvalue weighted by molar-refractivity contribution is -0.599. The summed E-state index contributed by atoms with van der Waals surface area (Å²) in [7, 11) is 0. The Bertz CT molecular complexity index is 289. The highest BCUT2D eigenvalue weighted by atomic mass is 16.5. The first-order valence-corrected chi connectivity index (χ1v) is 4.04. The van der Waals surface area contributed by atoms with E-state index >= 15 is 0 Å². The summed E-state index contributed by atoms with van der Waals surface area (Å²) in [5, 5.41) is 11.1. The number of anilines is 1. The summed E-state index contributed by atoms with van der Waals surface area (Å²) in [5.74, 6) is 0.299. The minimum atomic E-state index is -0.0874. The van der Waals surface area contributed by atoms with Crippen LogP contribution in [-0.4, -0.2) is 11.1 Å². The van der Waals surface area contributed by atoms with Crippen LogP contribution in [0.4, 0.5) is 5.95 Å². The van der Waals surface area contributed by atoms with E-state index < -0.39 is 0 Å². The van der Waals surface area contributed by atoms with E-state index in [2.05, 4.69) is 4.98 Å². The first-order chi connectivity index (χ1) is 6.00. The van der Waals surface area contributed by atoms with E-state index in [1.165, 1.54) is 0 Å². The maximum Gasteiger partial charge on any atom is 0.393 e. The molecule has 0 aliphatic rings. The number of nitrogen functional groups attached to an aromatic ring is 1. The minimum Gasteiger partial charge on any atom is -0.740 e. The number of nitrogens with two attached hydrogens (primary N) is 1. The van der Waals surface area contributed by atoms with Crippen molar-refractivity contribution in [2.24, 2.45) is 0 Å². The Hall–Kier alpha value is -1.52. The molecule has 0 radical (unpaired) electrons. The van der Waals surface area contributed by atoms with Crippen LogP contribution in [0.3, 0.4) is 0 Å². The van der Waals surface area contributed by atoms with Crippen molar-refractivity contribution in [2.45, 2.75) is 26.9 Å². The molecule has 5 heteroatoms. The van der Waals surface area contributed by atoms with Crippen LogP contribution in [0.15, 0.2) is 6.07 Å². The van der Waals surface area contributed by atoms with Crippen LogP contribution >= 0.6 is 0 Å². The molecule has 1 rings (SSSR count). The molecule has 1 aromatic heterocycles. The van der Waals surface area contributed by atoms with E-state index in [0.717, 1.165) is 0 Å². The van der Waals surface area contributed by atoms with Gasteiger partial charge in [-0.3, -0.25) is 5.73 Å². The Morgan fingerprint density at radius 3 is 2.69 bits per heavy atom. The summed E-state index contributed by atoms with van der Waals surface area (Å²) in [6.07, 6.45) is 0.0220. The molecule has 0 unspecified atom stereocenters. The van der Waals surface area contributed by atoms with Gasteiger partial charge in [0.25, 0.3) is 5.88 Å². The fourth-order valence-electron chi connectivity index (χ4n) is 0.910. The molecule has 5 nitrogen and oxygen atoms in total. The Morgan fingerprint density at radius 2 is 2.23 bits per heavy atom. The van der Waals surface area contributed by atoms with Gasteiger partial charge in [-0.05, 0) is 25.8 Å². The predicted molar refractivity (Wildman–Crippen MR) is 48.1 cm³/mol. The zero-order valence-electron chi connectivity index (χ0n) is 7.94. The molecule has 72 valence electrons. The van der Waals surface area contributed by atoms with Crippen molar-refractivity contribution in [3.05, 3.63) is 17.0 Å². The summed E-state index contributed by atoms with van der Waals surface area (Å²) < 4.78 is 5.85. The lowest BCUT2D eigenvalue weighted by Crippen LogP contribution is -2.35. The van der Waals surface area contributed by atoms with E-state index in [9.17, 15) is 5.21 Å². The smallest absolute Gasteiger partial charge is 0.393 e. The number of rotatable bonds is 2. The molecule has 13 heavy (non-hydrogen) atoms. The standard InChI is InChI=1S/C8H13N3O2/c1-5(2)13-7-4-6(3)11(12)8(9)10-7/h4-5H,1-3H3,(H2,9,10). The second-order valence-electron chi connectivity index (χ2n) is 3.05.